The van der Waals surface area contributed by atoms with Gasteiger partial charge in [-0.05, 0) is 37.1 Å². The summed E-state index contributed by atoms with van der Waals surface area (Å²) >= 11 is 0. The van der Waals surface area contributed by atoms with Crippen LogP contribution in [0.2, 0.25) is 0 Å². The second kappa shape index (κ2) is 6.71. The summed E-state index contributed by atoms with van der Waals surface area (Å²) < 4.78 is 0. The lowest BCUT2D eigenvalue weighted by Crippen LogP contribution is -2.31. The van der Waals surface area contributed by atoms with E-state index in [9.17, 15) is 0 Å². The number of hydrogen-bond donors (Lipinski definition) is 1. The molecule has 2 rings (SSSR count). The van der Waals surface area contributed by atoms with E-state index in [1.54, 1.807) is 0 Å². The minimum Gasteiger partial charge on any atom is -0.358 e. The normalized spacial score (nSPS) is 11.2. The van der Waals surface area contributed by atoms with E-state index in [0.717, 1.165) is 31.0 Å². The summed E-state index contributed by atoms with van der Waals surface area (Å²) in [6, 6.07) is 10.5. The molecule has 0 fully saturated rings. The fraction of sp³-hybridized carbons (Fsp3) is 0.471. The molecule has 0 unspecified atom stereocenters. The standard InChI is InChI=1S/C17H25N3/c1-13(2)12-18-9-10-20(4)17-14(3)11-15-7-5-6-8-16(15)19-17/h5-8,11,13,18H,9-10,12H2,1-4H3. The fourth-order valence-corrected chi connectivity index (χ4v) is 2.34. The highest BCUT2D eigenvalue weighted by Crippen LogP contribution is 2.21. The molecule has 0 aliphatic carbocycles. The van der Waals surface area contributed by atoms with Crippen molar-refractivity contribution in [3.05, 3.63) is 35.9 Å². The molecule has 108 valence electrons. The summed E-state index contributed by atoms with van der Waals surface area (Å²) in [5.41, 5.74) is 2.30. The number of pyridine rings is 1. The zero-order chi connectivity index (χ0) is 14.5. The molecule has 0 bridgehead atoms. The van der Waals surface area contributed by atoms with E-state index in [2.05, 4.69) is 62.3 Å². The maximum Gasteiger partial charge on any atom is 0.131 e. The number of aromatic nitrogens is 1. The number of nitrogens with zero attached hydrogens (tertiary/aromatic N) is 2. The molecule has 1 aromatic heterocycles. The van der Waals surface area contributed by atoms with Crippen LogP contribution in [0.25, 0.3) is 10.9 Å². The third kappa shape index (κ3) is 3.70. The summed E-state index contributed by atoms with van der Waals surface area (Å²) in [5, 5.41) is 4.68. The van der Waals surface area contributed by atoms with Crippen molar-refractivity contribution in [2.24, 2.45) is 5.92 Å². The van der Waals surface area contributed by atoms with Crippen LogP contribution in [-0.4, -0.2) is 31.7 Å². The SMILES string of the molecule is Cc1cc2ccccc2nc1N(C)CCNCC(C)C. The number of anilines is 1. The molecule has 0 saturated heterocycles. The van der Waals surface area contributed by atoms with Gasteiger partial charge >= 0.3 is 0 Å². The predicted octanol–water partition coefficient (Wildman–Crippen LogP) is 3.23. The number of aryl methyl sites for hydroxylation is 1. The maximum absolute atomic E-state index is 4.79. The molecule has 3 heteroatoms. The van der Waals surface area contributed by atoms with Gasteiger partial charge in [-0.15, -0.1) is 0 Å². The van der Waals surface area contributed by atoms with Crippen LogP contribution in [0.5, 0.6) is 0 Å². The Morgan fingerprint density at radius 2 is 2.00 bits per heavy atom. The van der Waals surface area contributed by atoms with Crippen LogP contribution in [0.3, 0.4) is 0 Å². The molecule has 1 heterocycles. The van der Waals surface area contributed by atoms with E-state index >= 15 is 0 Å². The summed E-state index contributed by atoms with van der Waals surface area (Å²) in [6.45, 7) is 9.61. The number of benzene rings is 1. The van der Waals surface area contributed by atoms with Gasteiger partial charge in [0.2, 0.25) is 0 Å². The van der Waals surface area contributed by atoms with Crippen LogP contribution in [0.15, 0.2) is 30.3 Å². The lowest BCUT2D eigenvalue weighted by atomic mass is 10.1. The van der Waals surface area contributed by atoms with Crippen LogP contribution in [0.1, 0.15) is 19.4 Å². The number of fused-ring (bicyclic) bond motifs is 1. The quantitative estimate of drug-likeness (QED) is 0.818. The lowest BCUT2D eigenvalue weighted by molar-refractivity contribution is 0.554. The van der Waals surface area contributed by atoms with Crippen molar-refractivity contribution in [2.75, 3.05) is 31.6 Å². The van der Waals surface area contributed by atoms with Gasteiger partial charge in [0.25, 0.3) is 0 Å². The Morgan fingerprint density at radius 1 is 1.25 bits per heavy atom. The van der Waals surface area contributed by atoms with Gasteiger partial charge in [0.15, 0.2) is 0 Å². The van der Waals surface area contributed by atoms with Crippen molar-refractivity contribution >= 4 is 16.7 Å². The first-order valence-electron chi connectivity index (χ1n) is 7.36. The Morgan fingerprint density at radius 3 is 2.75 bits per heavy atom. The zero-order valence-electron chi connectivity index (χ0n) is 13.0. The molecular weight excluding hydrogens is 246 g/mol. The molecule has 0 atom stereocenters. The van der Waals surface area contributed by atoms with Crippen LogP contribution in [0.4, 0.5) is 5.82 Å². The largest absolute Gasteiger partial charge is 0.358 e. The van der Waals surface area contributed by atoms with Gasteiger partial charge in [-0.1, -0.05) is 32.0 Å². The highest BCUT2D eigenvalue weighted by atomic mass is 15.2. The van der Waals surface area contributed by atoms with E-state index in [1.807, 2.05) is 6.07 Å². The topological polar surface area (TPSA) is 28.2 Å². The molecule has 1 aromatic carbocycles. The summed E-state index contributed by atoms with van der Waals surface area (Å²) in [4.78, 5) is 7.02. The van der Waals surface area contributed by atoms with Gasteiger partial charge < -0.3 is 10.2 Å². The molecule has 0 saturated carbocycles. The first-order valence-corrected chi connectivity index (χ1v) is 7.36. The monoisotopic (exact) mass is 271 g/mol. The molecule has 2 aromatic rings. The van der Waals surface area contributed by atoms with Crippen molar-refractivity contribution in [3.8, 4) is 0 Å². The Bertz CT molecular complexity index is 563. The third-order valence-electron chi connectivity index (χ3n) is 3.43. The van der Waals surface area contributed by atoms with Crippen LogP contribution in [-0.2, 0) is 0 Å². The van der Waals surface area contributed by atoms with Gasteiger partial charge in [0.1, 0.15) is 5.82 Å². The number of hydrogen-bond acceptors (Lipinski definition) is 3. The maximum atomic E-state index is 4.79. The summed E-state index contributed by atoms with van der Waals surface area (Å²) in [7, 11) is 2.11. The predicted molar refractivity (Wildman–Crippen MR) is 87.5 cm³/mol. The summed E-state index contributed by atoms with van der Waals surface area (Å²) in [6.07, 6.45) is 0. The van der Waals surface area contributed by atoms with Crippen molar-refractivity contribution in [3.63, 3.8) is 0 Å². The van der Waals surface area contributed by atoms with Crippen molar-refractivity contribution in [1.82, 2.24) is 10.3 Å². The summed E-state index contributed by atoms with van der Waals surface area (Å²) in [5.74, 6) is 1.77. The molecule has 0 radical (unpaired) electrons. The fourth-order valence-electron chi connectivity index (χ4n) is 2.34. The van der Waals surface area contributed by atoms with Crippen molar-refractivity contribution in [1.29, 1.82) is 0 Å². The second-order valence-electron chi connectivity index (χ2n) is 5.84. The van der Waals surface area contributed by atoms with Gasteiger partial charge in [-0.2, -0.15) is 0 Å². The van der Waals surface area contributed by atoms with Crippen LogP contribution in [0, 0.1) is 12.8 Å². The Balaban J connectivity index is 2.05. The molecule has 0 spiro atoms. The van der Waals surface area contributed by atoms with Gasteiger partial charge in [0, 0.05) is 25.5 Å². The minimum atomic E-state index is 0.695. The number of nitrogens with one attached hydrogen (secondary N) is 1. The van der Waals surface area contributed by atoms with E-state index in [0.29, 0.717) is 5.92 Å². The first-order chi connectivity index (χ1) is 9.58. The number of para-hydroxylation sites is 1. The Labute approximate surface area is 122 Å². The third-order valence-corrected chi connectivity index (χ3v) is 3.43. The second-order valence-corrected chi connectivity index (χ2v) is 5.84. The number of rotatable bonds is 6. The van der Waals surface area contributed by atoms with Crippen LogP contribution >= 0.6 is 0 Å². The molecule has 3 nitrogen and oxygen atoms in total. The van der Waals surface area contributed by atoms with Crippen LogP contribution < -0.4 is 10.2 Å². The highest BCUT2D eigenvalue weighted by molar-refractivity contribution is 5.81. The lowest BCUT2D eigenvalue weighted by Gasteiger charge is -2.21. The van der Waals surface area contributed by atoms with E-state index in [4.69, 9.17) is 4.98 Å². The molecule has 1 N–H and O–H groups in total. The zero-order valence-corrected chi connectivity index (χ0v) is 13.0. The van der Waals surface area contributed by atoms with Gasteiger partial charge in [-0.3, -0.25) is 0 Å². The molecule has 20 heavy (non-hydrogen) atoms. The van der Waals surface area contributed by atoms with Gasteiger partial charge in [-0.25, -0.2) is 4.98 Å². The highest BCUT2D eigenvalue weighted by Gasteiger charge is 2.08. The Hall–Kier alpha value is -1.61. The minimum absolute atomic E-state index is 0.695. The Kier molecular flexibility index (Phi) is 4.96. The first kappa shape index (κ1) is 14.8. The molecular formula is C17H25N3. The molecule has 0 amide bonds. The van der Waals surface area contributed by atoms with E-state index < -0.39 is 0 Å². The smallest absolute Gasteiger partial charge is 0.131 e. The average Bonchev–Trinajstić information content (AvgIpc) is 2.42. The molecule has 0 aliphatic heterocycles. The van der Waals surface area contributed by atoms with E-state index in [-0.39, 0.29) is 0 Å². The van der Waals surface area contributed by atoms with Crippen molar-refractivity contribution < 1.29 is 0 Å². The molecule has 0 aliphatic rings. The van der Waals surface area contributed by atoms with Gasteiger partial charge in [0.05, 0.1) is 5.52 Å². The van der Waals surface area contributed by atoms with E-state index in [1.165, 1.54) is 10.9 Å². The van der Waals surface area contributed by atoms with Crippen molar-refractivity contribution in [2.45, 2.75) is 20.8 Å². The number of likely N-dealkylation sites (N-methyl/N-ethyl adjacent to an activating group) is 1. The average molecular weight is 271 g/mol.